The smallest absolute Gasteiger partial charge is 0.387 e. The Balaban J connectivity index is 1.45. The highest BCUT2D eigenvalue weighted by Gasteiger charge is 2.42. The summed E-state index contributed by atoms with van der Waals surface area (Å²) in [5.74, 6) is -0.450. The van der Waals surface area contributed by atoms with Gasteiger partial charge in [-0.2, -0.15) is 13.1 Å². The number of anilines is 1. The van der Waals surface area contributed by atoms with Crippen LogP contribution in [0.2, 0.25) is 10.0 Å². The van der Waals surface area contributed by atoms with Crippen LogP contribution in [-0.2, 0) is 26.0 Å². The number of amides is 2. The Bertz CT molecular complexity index is 1700. The first-order chi connectivity index (χ1) is 21.9. The topological polar surface area (TPSA) is 150 Å². The average molecular weight is 718 g/mol. The van der Waals surface area contributed by atoms with Crippen molar-refractivity contribution in [2.75, 3.05) is 24.2 Å². The maximum atomic E-state index is 13.8. The van der Waals surface area contributed by atoms with Crippen LogP contribution >= 0.6 is 35.0 Å². The molecule has 46 heavy (non-hydrogen) atoms. The summed E-state index contributed by atoms with van der Waals surface area (Å²) >= 11 is 13.8. The fourth-order valence-electron chi connectivity index (χ4n) is 4.67. The highest BCUT2D eigenvalue weighted by atomic mass is 35.5. The minimum atomic E-state index is -4.24. The van der Waals surface area contributed by atoms with Crippen LogP contribution in [0.25, 0.3) is 0 Å². The lowest BCUT2D eigenvalue weighted by Gasteiger charge is -2.26. The average Bonchev–Trinajstić information content (AvgIpc) is 3.69. The molecule has 2 atom stereocenters. The third-order valence-corrected chi connectivity index (χ3v) is 10.9. The van der Waals surface area contributed by atoms with Gasteiger partial charge in [-0.1, -0.05) is 35.3 Å². The molecule has 0 bridgehead atoms. The molecule has 1 saturated carbocycles. The van der Waals surface area contributed by atoms with E-state index in [1.165, 1.54) is 54.9 Å². The van der Waals surface area contributed by atoms with Crippen LogP contribution in [0.4, 0.5) is 19.3 Å². The summed E-state index contributed by atoms with van der Waals surface area (Å²) in [5.41, 5.74) is 6.06. The fraction of sp³-hybridized carbons (Fsp3) is 0.345. The summed E-state index contributed by atoms with van der Waals surface area (Å²) in [4.78, 5) is 28.8. The highest BCUT2D eigenvalue weighted by Crippen LogP contribution is 2.39. The largest absolute Gasteiger partial charge is 0.489 e. The third-order valence-electron chi connectivity index (χ3n) is 7.09. The molecule has 0 radical (unpaired) electrons. The van der Waals surface area contributed by atoms with Crippen molar-refractivity contribution in [3.63, 3.8) is 0 Å². The van der Waals surface area contributed by atoms with Crippen molar-refractivity contribution < 1.29 is 41.0 Å². The van der Waals surface area contributed by atoms with E-state index in [1.54, 1.807) is 0 Å². The van der Waals surface area contributed by atoms with Gasteiger partial charge in [0, 0.05) is 36.8 Å². The lowest BCUT2D eigenvalue weighted by atomic mass is 10.0. The third kappa shape index (κ3) is 8.31. The standard InChI is InChI=1S/C29H28Cl2F2N4O7S2/c30-21-13-35-14-22(31)20(21)12-24(17-6-7-23(44-28(32)33)25(10-17)42-15-16-4-5-16)43-27(38)26-37(8-9-45-26)46(40,41)19-3-1-2-18(11-19)36-29(34)39/h1-3,6-7,10-11,13-14,16,24,26,28H,4-5,8-9,12,15H2,(H3,34,36,39). The van der Waals surface area contributed by atoms with Gasteiger partial charge in [-0.05, 0) is 60.2 Å². The number of urea groups is 1. The van der Waals surface area contributed by atoms with E-state index in [0.717, 1.165) is 28.9 Å². The molecule has 0 spiro atoms. The van der Waals surface area contributed by atoms with E-state index in [1.807, 2.05) is 0 Å². The first-order valence-electron chi connectivity index (χ1n) is 13.9. The van der Waals surface area contributed by atoms with Crippen molar-refractivity contribution >= 4 is 62.7 Å². The Hall–Kier alpha value is -3.37. The number of esters is 1. The van der Waals surface area contributed by atoms with Gasteiger partial charge < -0.3 is 25.3 Å². The SMILES string of the molecule is NC(=O)Nc1cccc(S(=O)(=O)N2CCSC2C(=O)OC(Cc2c(Cl)cncc2Cl)c2ccc(OC(F)F)c(OCC3CC3)c2)c1. The molecule has 3 N–H and O–H groups in total. The summed E-state index contributed by atoms with van der Waals surface area (Å²) in [6, 6.07) is 8.75. The van der Waals surface area contributed by atoms with E-state index in [0.29, 0.717) is 22.8 Å². The Morgan fingerprint density at radius 3 is 2.52 bits per heavy atom. The Morgan fingerprint density at radius 2 is 1.85 bits per heavy atom. The Kier molecular flexibility index (Phi) is 10.8. The van der Waals surface area contributed by atoms with E-state index in [2.05, 4.69) is 15.0 Å². The number of sulfonamides is 1. The van der Waals surface area contributed by atoms with Gasteiger partial charge in [0.05, 0.1) is 21.5 Å². The van der Waals surface area contributed by atoms with Gasteiger partial charge in [0.25, 0.3) is 0 Å². The minimum Gasteiger partial charge on any atom is -0.489 e. The predicted octanol–water partition coefficient (Wildman–Crippen LogP) is 5.86. The number of pyridine rings is 1. The number of primary amides is 1. The molecule has 1 aliphatic carbocycles. The number of thioether (sulfide) groups is 1. The van der Waals surface area contributed by atoms with E-state index >= 15 is 0 Å². The molecule has 11 nitrogen and oxygen atoms in total. The predicted molar refractivity (Wildman–Crippen MR) is 168 cm³/mol. The quantitative estimate of drug-likeness (QED) is 0.207. The van der Waals surface area contributed by atoms with Gasteiger partial charge in [0.15, 0.2) is 16.9 Å². The number of aromatic nitrogens is 1. The zero-order valence-electron chi connectivity index (χ0n) is 23.9. The van der Waals surface area contributed by atoms with E-state index in [4.69, 9.17) is 38.4 Å². The van der Waals surface area contributed by atoms with Crippen LogP contribution in [0, 0.1) is 5.92 Å². The number of benzene rings is 2. The van der Waals surface area contributed by atoms with Gasteiger partial charge >= 0.3 is 18.6 Å². The van der Waals surface area contributed by atoms with Crippen molar-refractivity contribution in [3.8, 4) is 11.5 Å². The maximum absolute atomic E-state index is 13.8. The number of nitrogens with zero attached hydrogens (tertiary/aromatic N) is 2. The second kappa shape index (κ2) is 14.6. The van der Waals surface area contributed by atoms with Crippen LogP contribution in [0.1, 0.15) is 30.1 Å². The number of hydrogen-bond acceptors (Lipinski definition) is 9. The number of ether oxygens (including phenoxy) is 3. The lowest BCUT2D eigenvalue weighted by molar-refractivity contribution is -0.150. The van der Waals surface area contributed by atoms with E-state index in [-0.39, 0.29) is 51.7 Å². The number of carbonyl (C=O) groups is 2. The first kappa shape index (κ1) is 34.0. The molecule has 2 unspecified atom stereocenters. The molecule has 2 aromatic carbocycles. The number of halogens is 4. The number of carbonyl (C=O) groups excluding carboxylic acids is 2. The van der Waals surface area contributed by atoms with Crippen LogP contribution in [0.15, 0.2) is 59.8 Å². The van der Waals surface area contributed by atoms with Gasteiger partial charge in [-0.25, -0.2) is 18.0 Å². The van der Waals surface area contributed by atoms with Gasteiger partial charge in [0.2, 0.25) is 10.0 Å². The Labute approximate surface area is 277 Å². The normalized spacial score (nSPS) is 17.5. The highest BCUT2D eigenvalue weighted by molar-refractivity contribution is 8.02. The van der Waals surface area contributed by atoms with Crippen molar-refractivity contribution in [1.29, 1.82) is 0 Å². The van der Waals surface area contributed by atoms with Crippen LogP contribution in [0.5, 0.6) is 11.5 Å². The van der Waals surface area contributed by atoms with Crippen molar-refractivity contribution in [3.05, 3.63) is 76.0 Å². The number of nitrogens with two attached hydrogens (primary N) is 1. The second-order valence-electron chi connectivity index (χ2n) is 10.4. The summed E-state index contributed by atoms with van der Waals surface area (Å²) in [6.45, 7) is -2.81. The molecule has 1 saturated heterocycles. The second-order valence-corrected chi connectivity index (χ2v) is 14.3. The van der Waals surface area contributed by atoms with Crippen LogP contribution in [-0.4, -0.2) is 60.6 Å². The zero-order chi connectivity index (χ0) is 33.0. The molecule has 5 rings (SSSR count). The Morgan fingerprint density at radius 1 is 1.11 bits per heavy atom. The summed E-state index contributed by atoms with van der Waals surface area (Å²) < 4.78 is 71.1. The first-order valence-corrected chi connectivity index (χ1v) is 17.2. The molecule has 1 aromatic heterocycles. The summed E-state index contributed by atoms with van der Waals surface area (Å²) in [7, 11) is -4.24. The number of nitrogens with one attached hydrogen (secondary N) is 1. The number of alkyl halides is 2. The number of rotatable bonds is 13. The van der Waals surface area contributed by atoms with Crippen molar-refractivity contribution in [2.45, 2.75) is 42.2 Å². The molecular weight excluding hydrogens is 689 g/mol. The molecule has 1 aliphatic heterocycles. The minimum absolute atomic E-state index is 0.00569. The van der Waals surface area contributed by atoms with Crippen LogP contribution in [0.3, 0.4) is 0 Å². The van der Waals surface area contributed by atoms with Crippen molar-refractivity contribution in [1.82, 2.24) is 9.29 Å². The van der Waals surface area contributed by atoms with Gasteiger partial charge in [-0.3, -0.25) is 4.98 Å². The molecule has 2 heterocycles. The maximum Gasteiger partial charge on any atom is 0.387 e. The van der Waals surface area contributed by atoms with E-state index < -0.39 is 40.1 Å². The molecule has 17 heteroatoms. The molecule has 2 amide bonds. The van der Waals surface area contributed by atoms with Gasteiger partial charge in [0.1, 0.15) is 6.10 Å². The van der Waals surface area contributed by atoms with Crippen LogP contribution < -0.4 is 20.5 Å². The molecule has 2 fully saturated rings. The molecular formula is C29H28Cl2F2N4O7S2. The van der Waals surface area contributed by atoms with Crippen molar-refractivity contribution in [2.24, 2.45) is 11.7 Å². The molecule has 2 aliphatic rings. The fourth-order valence-corrected chi connectivity index (χ4v) is 8.28. The van der Waals surface area contributed by atoms with Gasteiger partial charge in [-0.15, -0.1) is 11.8 Å². The monoisotopic (exact) mass is 716 g/mol. The summed E-state index contributed by atoms with van der Waals surface area (Å²) in [6.07, 6.45) is 3.47. The zero-order valence-corrected chi connectivity index (χ0v) is 27.1. The summed E-state index contributed by atoms with van der Waals surface area (Å²) in [5, 5.41) is 1.45. The number of hydrogen-bond donors (Lipinski definition) is 2. The molecule has 3 aromatic rings. The lowest BCUT2D eigenvalue weighted by Crippen LogP contribution is -2.40. The van der Waals surface area contributed by atoms with E-state index in [9.17, 15) is 26.8 Å². The molecule has 246 valence electrons.